The van der Waals surface area contributed by atoms with Crippen molar-refractivity contribution in [2.24, 2.45) is 0 Å². The summed E-state index contributed by atoms with van der Waals surface area (Å²) in [7, 11) is 0. The molecule has 3 nitrogen and oxygen atoms in total. The van der Waals surface area contributed by atoms with Crippen LogP contribution in [0.5, 0.6) is 0 Å². The smallest absolute Gasteiger partial charge is 0.340 e. The maximum Gasteiger partial charge on any atom is 3.00 e. The Kier molecular flexibility index (Phi) is 6.15. The number of Topliss-reactive ketones (excluding diaryl/α,β-unsaturated/α-hetero) is 1. The molecule has 0 aromatic heterocycles. The number of hydrogen-bond donors (Lipinski definition) is 1. The van der Waals surface area contributed by atoms with Gasteiger partial charge in [-0.2, -0.15) is 5.57 Å². The van der Waals surface area contributed by atoms with E-state index in [9.17, 15) is 9.59 Å². The molecule has 0 radical (unpaired) electrons. The molecule has 0 spiro atoms. The van der Waals surface area contributed by atoms with Crippen molar-refractivity contribution in [1.82, 2.24) is 5.32 Å². The molecule has 4 heteroatoms. The maximum atomic E-state index is 12.8. The van der Waals surface area contributed by atoms with Gasteiger partial charge in [0, 0.05) is 0 Å². The van der Waals surface area contributed by atoms with Gasteiger partial charge in [0.2, 0.25) is 5.78 Å². The van der Waals surface area contributed by atoms with Crippen LogP contribution in [0, 0.1) is 6.58 Å². The van der Waals surface area contributed by atoms with E-state index in [1.165, 1.54) is 0 Å². The number of allylic oxidation sites excluding steroid dienone is 2. The topological polar surface area (TPSA) is 46.2 Å². The third-order valence-corrected chi connectivity index (χ3v) is 4.62. The Balaban J connectivity index is 0.00000243. The number of nitrogens with one attached hydrogen (secondary N) is 1. The molecule has 0 unspecified atom stereocenters. The molecule has 26 heavy (non-hydrogen) atoms. The molecule has 0 aliphatic heterocycles. The van der Waals surface area contributed by atoms with E-state index in [0.717, 1.165) is 16.7 Å². The van der Waals surface area contributed by atoms with Gasteiger partial charge in [-0.05, 0) is 25.0 Å². The van der Waals surface area contributed by atoms with Crippen molar-refractivity contribution < 1.29 is 42.3 Å². The molecule has 0 atom stereocenters. The summed E-state index contributed by atoms with van der Waals surface area (Å²) in [6.07, 6.45) is 0. The van der Waals surface area contributed by atoms with Crippen LogP contribution < -0.4 is 5.32 Å². The molecule has 3 rings (SSSR count). The fourth-order valence-corrected chi connectivity index (χ4v) is 3.15. The predicted molar refractivity (Wildman–Crippen MR) is 99.4 cm³/mol. The summed E-state index contributed by atoms with van der Waals surface area (Å²) in [6, 6.07) is 16.9. The molecular formula is C22H20NO2Y+2. The first-order valence-corrected chi connectivity index (χ1v) is 8.18. The van der Waals surface area contributed by atoms with Gasteiger partial charge in [0.1, 0.15) is 0 Å². The molecule has 1 aliphatic carbocycles. The number of amides is 1. The van der Waals surface area contributed by atoms with Crippen LogP contribution in [0.3, 0.4) is 0 Å². The Morgan fingerprint density at radius 2 is 1.46 bits per heavy atom. The minimum absolute atomic E-state index is 0. The van der Waals surface area contributed by atoms with Gasteiger partial charge in [-0.1, -0.05) is 61.0 Å². The average molecular weight is 419 g/mol. The van der Waals surface area contributed by atoms with E-state index in [0.29, 0.717) is 16.7 Å². The second kappa shape index (κ2) is 7.81. The third kappa shape index (κ3) is 3.65. The Morgan fingerprint density at radius 1 is 0.923 bits per heavy atom. The van der Waals surface area contributed by atoms with Crippen LogP contribution in [0.2, 0.25) is 0 Å². The van der Waals surface area contributed by atoms with E-state index in [2.05, 4.69) is 5.32 Å². The number of carbonyl (C=O) groups is 2. The van der Waals surface area contributed by atoms with Gasteiger partial charge >= 0.3 is 32.7 Å². The Bertz CT molecular complexity index is 911. The van der Waals surface area contributed by atoms with Crippen molar-refractivity contribution in [1.29, 1.82) is 0 Å². The number of hydrogen-bond acceptors (Lipinski definition) is 2. The second-order valence-electron chi connectivity index (χ2n) is 6.73. The van der Waals surface area contributed by atoms with Crippen molar-refractivity contribution in [2.45, 2.75) is 26.3 Å². The third-order valence-electron chi connectivity index (χ3n) is 4.62. The maximum absolute atomic E-state index is 12.8. The second-order valence-corrected chi connectivity index (χ2v) is 6.73. The minimum atomic E-state index is -0.657. The van der Waals surface area contributed by atoms with Gasteiger partial charge in [-0.15, -0.1) is 17.2 Å². The number of carbonyl (C=O) groups excluding carboxylic acids is 2. The van der Waals surface area contributed by atoms with Crippen LogP contribution in [0.4, 0.5) is 0 Å². The van der Waals surface area contributed by atoms with Gasteiger partial charge in [0.05, 0.1) is 5.54 Å². The van der Waals surface area contributed by atoms with E-state index in [-0.39, 0.29) is 32.7 Å². The zero-order chi connectivity index (χ0) is 18.2. The fraction of sp³-hybridized carbons (Fsp3) is 0.182. The van der Waals surface area contributed by atoms with Crippen molar-refractivity contribution in [3.05, 3.63) is 83.4 Å². The van der Waals surface area contributed by atoms with Gasteiger partial charge in [-0.25, -0.2) is 6.58 Å². The first-order chi connectivity index (χ1) is 11.8. The minimum Gasteiger partial charge on any atom is -0.340 e. The zero-order valence-corrected chi connectivity index (χ0v) is 18.0. The van der Waals surface area contributed by atoms with Crippen LogP contribution >= 0.6 is 0 Å². The first-order valence-electron chi connectivity index (χ1n) is 8.18. The van der Waals surface area contributed by atoms with E-state index >= 15 is 0 Å². The van der Waals surface area contributed by atoms with Crippen molar-refractivity contribution >= 4 is 22.8 Å². The average Bonchev–Trinajstić information content (AvgIpc) is 2.86. The Morgan fingerprint density at radius 3 is 2.08 bits per heavy atom. The summed E-state index contributed by atoms with van der Waals surface area (Å²) >= 11 is 0. The number of ketones is 1. The molecule has 126 valence electrons. The molecule has 0 fully saturated rings. The number of rotatable bonds is 4. The zero-order valence-electron chi connectivity index (χ0n) is 15.2. The van der Waals surface area contributed by atoms with Gasteiger partial charge in [0.25, 0.3) is 5.91 Å². The largest absolute Gasteiger partial charge is 3.00 e. The van der Waals surface area contributed by atoms with Crippen molar-refractivity contribution in [2.75, 3.05) is 0 Å². The molecule has 1 aliphatic rings. The monoisotopic (exact) mass is 419 g/mol. The van der Waals surface area contributed by atoms with E-state index in [1.54, 1.807) is 6.92 Å². The van der Waals surface area contributed by atoms with Crippen molar-refractivity contribution in [3.8, 4) is 0 Å². The molecule has 0 saturated carbocycles. The summed E-state index contributed by atoms with van der Waals surface area (Å²) in [5, 5.41) is 2.84. The van der Waals surface area contributed by atoms with Crippen LogP contribution in [0.15, 0.2) is 60.2 Å². The summed E-state index contributed by atoms with van der Waals surface area (Å²) in [5.41, 5.74) is 3.38. The summed E-state index contributed by atoms with van der Waals surface area (Å²) < 4.78 is 0. The SMILES string of the molecule is [CH-]=C1C(C)=C(C(=O)C(=O)NC(C)(C)c2ccccc2)c2ccccc21.[Y+3]. The molecular weight excluding hydrogens is 399 g/mol. The number of fused-ring (bicyclic) bond motifs is 1. The molecule has 1 amide bonds. The normalized spacial score (nSPS) is 13.1. The molecule has 2 aromatic carbocycles. The number of benzene rings is 2. The molecule has 0 bridgehead atoms. The molecule has 0 heterocycles. The van der Waals surface area contributed by atoms with Crippen LogP contribution in [0.1, 0.15) is 37.5 Å². The van der Waals surface area contributed by atoms with Gasteiger partial charge in [-0.3, -0.25) is 9.59 Å². The Labute approximate surface area is 179 Å². The first kappa shape index (κ1) is 20.5. The summed E-state index contributed by atoms with van der Waals surface area (Å²) in [4.78, 5) is 25.5. The van der Waals surface area contributed by atoms with Crippen molar-refractivity contribution in [3.63, 3.8) is 0 Å². The van der Waals surface area contributed by atoms with Crippen LogP contribution in [0.25, 0.3) is 11.1 Å². The van der Waals surface area contributed by atoms with E-state index in [1.807, 2.05) is 68.4 Å². The predicted octanol–water partition coefficient (Wildman–Crippen LogP) is 3.91. The quantitative estimate of drug-likeness (QED) is 0.604. The van der Waals surface area contributed by atoms with E-state index in [4.69, 9.17) is 6.58 Å². The van der Waals surface area contributed by atoms with Gasteiger partial charge < -0.3 is 5.32 Å². The fourth-order valence-electron chi connectivity index (χ4n) is 3.15. The summed E-state index contributed by atoms with van der Waals surface area (Å²) in [5.74, 6) is -1.19. The summed E-state index contributed by atoms with van der Waals surface area (Å²) in [6.45, 7) is 11.6. The van der Waals surface area contributed by atoms with Crippen LogP contribution in [-0.4, -0.2) is 11.7 Å². The molecule has 1 N–H and O–H groups in total. The molecule has 0 saturated heterocycles. The van der Waals surface area contributed by atoms with Gasteiger partial charge in [0.15, 0.2) is 0 Å². The van der Waals surface area contributed by atoms with E-state index < -0.39 is 17.2 Å². The standard InChI is InChI=1S/C22H20NO2.Y/c1-14-15(2)19(18-13-9-8-12-17(14)18)20(24)21(25)23-22(3,4)16-10-6-5-7-11-16;/h1,5-13H,2-4H3,(H,23,25);/q-1;+3. The molecule has 2 aromatic rings. The Hall–Kier alpha value is -1.84. The van der Waals surface area contributed by atoms with Crippen LogP contribution in [-0.2, 0) is 47.8 Å².